The number of hydrogen-bond donors (Lipinski definition) is 0. The lowest BCUT2D eigenvalue weighted by atomic mass is 9.97. The zero-order valence-corrected chi connectivity index (χ0v) is 13.4. The lowest BCUT2D eigenvalue weighted by Gasteiger charge is -2.31. The summed E-state index contributed by atoms with van der Waals surface area (Å²) in [6, 6.07) is 2.12. The summed E-state index contributed by atoms with van der Waals surface area (Å²) in [6.45, 7) is 3.32. The molecule has 1 saturated heterocycles. The Bertz CT molecular complexity index is 689. The zero-order chi connectivity index (χ0) is 15.1. The van der Waals surface area contributed by atoms with E-state index in [1.165, 1.54) is 18.4 Å². The molecule has 22 heavy (non-hydrogen) atoms. The average Bonchev–Trinajstić information content (AvgIpc) is 3.10. The summed E-state index contributed by atoms with van der Waals surface area (Å²) < 4.78 is 5.08. The number of hydrogen-bond acceptors (Lipinski definition) is 5. The standard InChI is InChI=1S/C16H19N3O2S/c1-10-17-15(18-21-10)12-3-2-7-19(9-12)16(20)14-13(6-8-22-14)11-4-5-11/h6,8,11-12H,2-5,7,9H2,1H3/t12-/m1/s1. The third kappa shape index (κ3) is 2.56. The lowest BCUT2D eigenvalue weighted by molar-refractivity contribution is 0.0707. The topological polar surface area (TPSA) is 59.2 Å². The molecule has 1 aliphatic heterocycles. The van der Waals surface area contributed by atoms with E-state index in [-0.39, 0.29) is 11.8 Å². The molecule has 116 valence electrons. The molecule has 0 N–H and O–H groups in total. The molecule has 0 radical (unpaired) electrons. The number of carbonyl (C=O) groups is 1. The largest absolute Gasteiger partial charge is 0.340 e. The van der Waals surface area contributed by atoms with Gasteiger partial charge in [-0.25, -0.2) is 0 Å². The summed E-state index contributed by atoms with van der Waals surface area (Å²) in [5.74, 6) is 2.32. The minimum atomic E-state index is 0.182. The molecular weight excluding hydrogens is 298 g/mol. The molecule has 1 aliphatic carbocycles. The van der Waals surface area contributed by atoms with E-state index in [1.54, 1.807) is 18.3 Å². The molecular formula is C16H19N3O2S. The van der Waals surface area contributed by atoms with Gasteiger partial charge in [0.2, 0.25) is 5.89 Å². The quantitative estimate of drug-likeness (QED) is 0.871. The van der Waals surface area contributed by atoms with E-state index in [4.69, 9.17) is 4.52 Å². The number of carbonyl (C=O) groups excluding carboxylic acids is 1. The van der Waals surface area contributed by atoms with E-state index >= 15 is 0 Å². The van der Waals surface area contributed by atoms with Crippen LogP contribution in [-0.2, 0) is 0 Å². The van der Waals surface area contributed by atoms with Crippen molar-refractivity contribution in [1.82, 2.24) is 15.0 Å². The number of thiophene rings is 1. The molecule has 1 atom stereocenters. The molecule has 3 heterocycles. The third-order valence-electron chi connectivity index (χ3n) is 4.52. The van der Waals surface area contributed by atoms with Gasteiger partial charge < -0.3 is 9.42 Å². The van der Waals surface area contributed by atoms with Crippen LogP contribution in [0.1, 0.15) is 64.5 Å². The first-order valence-electron chi connectivity index (χ1n) is 7.89. The Kier molecular flexibility index (Phi) is 3.48. The molecule has 1 saturated carbocycles. The highest BCUT2D eigenvalue weighted by molar-refractivity contribution is 7.12. The van der Waals surface area contributed by atoms with Gasteiger partial charge in [0.05, 0.1) is 4.88 Å². The molecule has 2 aliphatic rings. The van der Waals surface area contributed by atoms with Crippen molar-refractivity contribution < 1.29 is 9.32 Å². The summed E-state index contributed by atoms with van der Waals surface area (Å²) in [5.41, 5.74) is 1.26. The summed E-state index contributed by atoms with van der Waals surface area (Å²) in [5, 5.41) is 6.08. The number of rotatable bonds is 3. The molecule has 2 fully saturated rings. The van der Waals surface area contributed by atoms with Crippen LogP contribution in [0.25, 0.3) is 0 Å². The Labute approximate surface area is 133 Å². The highest BCUT2D eigenvalue weighted by Gasteiger charge is 2.33. The van der Waals surface area contributed by atoms with Gasteiger partial charge >= 0.3 is 0 Å². The van der Waals surface area contributed by atoms with Crippen molar-refractivity contribution in [3.05, 3.63) is 33.6 Å². The van der Waals surface area contributed by atoms with Gasteiger partial charge in [-0.3, -0.25) is 4.79 Å². The second-order valence-corrected chi connectivity index (χ2v) is 7.16. The van der Waals surface area contributed by atoms with Crippen molar-refractivity contribution in [1.29, 1.82) is 0 Å². The maximum absolute atomic E-state index is 12.9. The van der Waals surface area contributed by atoms with Crippen molar-refractivity contribution in [3.63, 3.8) is 0 Å². The number of likely N-dealkylation sites (tertiary alicyclic amines) is 1. The van der Waals surface area contributed by atoms with Crippen LogP contribution in [-0.4, -0.2) is 34.0 Å². The van der Waals surface area contributed by atoms with Crippen molar-refractivity contribution in [2.24, 2.45) is 0 Å². The fourth-order valence-corrected chi connectivity index (χ4v) is 4.16. The average molecular weight is 317 g/mol. The molecule has 0 bridgehead atoms. The van der Waals surface area contributed by atoms with Crippen molar-refractivity contribution in [2.75, 3.05) is 13.1 Å². The molecule has 5 nitrogen and oxygen atoms in total. The highest BCUT2D eigenvalue weighted by Crippen LogP contribution is 2.43. The third-order valence-corrected chi connectivity index (χ3v) is 5.44. The second kappa shape index (κ2) is 5.50. The molecule has 2 aromatic rings. The van der Waals surface area contributed by atoms with E-state index in [0.29, 0.717) is 18.4 Å². The van der Waals surface area contributed by atoms with Crippen LogP contribution in [0.4, 0.5) is 0 Å². The predicted molar refractivity (Wildman–Crippen MR) is 83.2 cm³/mol. The molecule has 0 aromatic carbocycles. The Morgan fingerprint density at radius 1 is 1.36 bits per heavy atom. The minimum absolute atomic E-state index is 0.182. The molecule has 4 rings (SSSR count). The van der Waals surface area contributed by atoms with E-state index in [2.05, 4.69) is 16.2 Å². The smallest absolute Gasteiger partial charge is 0.264 e. The van der Waals surface area contributed by atoms with Gasteiger partial charge in [0.15, 0.2) is 5.82 Å². The predicted octanol–water partition coefficient (Wildman–Crippen LogP) is 3.34. The van der Waals surface area contributed by atoms with Gasteiger partial charge in [0, 0.05) is 25.9 Å². The Morgan fingerprint density at radius 3 is 2.95 bits per heavy atom. The minimum Gasteiger partial charge on any atom is -0.340 e. The van der Waals surface area contributed by atoms with Crippen molar-refractivity contribution in [3.8, 4) is 0 Å². The second-order valence-electron chi connectivity index (χ2n) is 6.24. The summed E-state index contributed by atoms with van der Waals surface area (Å²) in [6.07, 6.45) is 4.46. The number of nitrogens with zero attached hydrogens (tertiary/aromatic N) is 3. The fraction of sp³-hybridized carbons (Fsp3) is 0.562. The van der Waals surface area contributed by atoms with Crippen molar-refractivity contribution in [2.45, 2.75) is 44.4 Å². The first-order chi connectivity index (χ1) is 10.7. The van der Waals surface area contributed by atoms with Gasteiger partial charge in [-0.15, -0.1) is 11.3 Å². The SMILES string of the molecule is Cc1nc([C@@H]2CCCN(C(=O)c3sccc3C3CC3)C2)no1. The van der Waals surface area contributed by atoms with Gasteiger partial charge in [-0.05, 0) is 48.6 Å². The molecule has 0 unspecified atom stereocenters. The first-order valence-corrected chi connectivity index (χ1v) is 8.77. The maximum Gasteiger partial charge on any atom is 0.264 e. The lowest BCUT2D eigenvalue weighted by Crippen LogP contribution is -2.39. The Morgan fingerprint density at radius 2 is 2.23 bits per heavy atom. The van der Waals surface area contributed by atoms with Crippen LogP contribution >= 0.6 is 11.3 Å². The monoisotopic (exact) mass is 317 g/mol. The van der Waals surface area contributed by atoms with Crippen LogP contribution in [0.3, 0.4) is 0 Å². The molecule has 1 amide bonds. The molecule has 0 spiro atoms. The van der Waals surface area contributed by atoms with Gasteiger partial charge in [0.25, 0.3) is 5.91 Å². The highest BCUT2D eigenvalue weighted by atomic mass is 32.1. The molecule has 2 aromatic heterocycles. The fourth-order valence-electron chi connectivity index (χ4n) is 3.21. The van der Waals surface area contributed by atoms with Gasteiger partial charge in [-0.2, -0.15) is 4.98 Å². The Hall–Kier alpha value is -1.69. The zero-order valence-electron chi connectivity index (χ0n) is 12.6. The van der Waals surface area contributed by atoms with Crippen LogP contribution < -0.4 is 0 Å². The molecule has 6 heteroatoms. The summed E-state index contributed by atoms with van der Waals surface area (Å²) >= 11 is 1.58. The van der Waals surface area contributed by atoms with Gasteiger partial charge in [-0.1, -0.05) is 5.16 Å². The Balaban J connectivity index is 1.52. The summed E-state index contributed by atoms with van der Waals surface area (Å²) in [4.78, 5) is 20.1. The van der Waals surface area contributed by atoms with Crippen LogP contribution in [0.15, 0.2) is 16.0 Å². The van der Waals surface area contributed by atoms with E-state index < -0.39 is 0 Å². The van der Waals surface area contributed by atoms with Crippen LogP contribution in [0, 0.1) is 6.92 Å². The van der Waals surface area contributed by atoms with E-state index in [0.717, 1.165) is 30.1 Å². The summed E-state index contributed by atoms with van der Waals surface area (Å²) in [7, 11) is 0. The van der Waals surface area contributed by atoms with E-state index in [1.807, 2.05) is 10.3 Å². The van der Waals surface area contributed by atoms with Crippen LogP contribution in [0.2, 0.25) is 0 Å². The van der Waals surface area contributed by atoms with Crippen molar-refractivity contribution >= 4 is 17.2 Å². The van der Waals surface area contributed by atoms with Gasteiger partial charge in [0.1, 0.15) is 0 Å². The number of aromatic nitrogens is 2. The van der Waals surface area contributed by atoms with E-state index in [9.17, 15) is 4.79 Å². The normalized spacial score (nSPS) is 22.0. The van der Waals surface area contributed by atoms with Crippen LogP contribution in [0.5, 0.6) is 0 Å². The maximum atomic E-state index is 12.9. The first kappa shape index (κ1) is 13.9. The number of aryl methyl sites for hydroxylation is 1. The number of piperidine rings is 1. The number of amides is 1.